The van der Waals surface area contributed by atoms with Gasteiger partial charge < -0.3 is 20.6 Å². The Balaban J connectivity index is 1.17. The maximum absolute atomic E-state index is 13.8. The topological polar surface area (TPSA) is 116 Å². The molecule has 0 spiro atoms. The number of aliphatic hydroxyl groups excluding tert-OH is 1. The molecule has 0 saturated carbocycles. The first-order chi connectivity index (χ1) is 21.9. The van der Waals surface area contributed by atoms with Gasteiger partial charge in [-0.25, -0.2) is 23.1 Å². The molecule has 1 atom stereocenters. The highest BCUT2D eigenvalue weighted by Crippen LogP contribution is 2.32. The van der Waals surface area contributed by atoms with E-state index in [1.807, 2.05) is 30.0 Å². The van der Waals surface area contributed by atoms with Crippen LogP contribution in [0.5, 0.6) is 0 Å². The fourth-order valence-electron chi connectivity index (χ4n) is 6.31. The van der Waals surface area contributed by atoms with Crippen LogP contribution < -0.4 is 10.6 Å². The number of aliphatic hydroxyl groups is 1. The van der Waals surface area contributed by atoms with E-state index in [9.17, 15) is 23.1 Å². The number of aryl methyl sites for hydroxylation is 2. The van der Waals surface area contributed by atoms with Crippen molar-refractivity contribution in [2.75, 3.05) is 51.3 Å². The van der Waals surface area contributed by atoms with Gasteiger partial charge in [-0.15, -0.1) is 0 Å². The second kappa shape index (κ2) is 13.5. The van der Waals surface area contributed by atoms with Gasteiger partial charge in [0.05, 0.1) is 18.4 Å². The number of anilines is 2. The van der Waals surface area contributed by atoms with Crippen LogP contribution in [0, 0.1) is 5.92 Å². The Hall–Kier alpha value is -4.01. The number of imidazole rings is 1. The number of fused-ring (bicyclic) bond motifs is 1. The molecule has 0 aliphatic carbocycles. The van der Waals surface area contributed by atoms with E-state index in [0.717, 1.165) is 31.5 Å². The molecule has 11 nitrogen and oxygen atoms in total. The third kappa shape index (κ3) is 6.40. The van der Waals surface area contributed by atoms with Crippen molar-refractivity contribution in [3.8, 4) is 11.3 Å². The van der Waals surface area contributed by atoms with Crippen molar-refractivity contribution in [1.29, 1.82) is 0 Å². The van der Waals surface area contributed by atoms with Gasteiger partial charge in [-0.3, -0.25) is 18.8 Å². The first kappa shape index (κ1) is 31.0. The third-order valence-electron chi connectivity index (χ3n) is 8.77. The zero-order chi connectivity index (χ0) is 31.5. The summed E-state index contributed by atoms with van der Waals surface area (Å²) in [6, 6.07) is 5.54. The highest BCUT2D eigenvalue weighted by molar-refractivity contribution is 5.96. The number of nitrogens with zero attached hydrogens (tertiary/aromatic N) is 7. The molecule has 1 unspecified atom stereocenters. The van der Waals surface area contributed by atoms with Gasteiger partial charge in [0, 0.05) is 67.5 Å². The standard InChI is InChI=1S/C31H38F3N9O2/c1-2-20-17-22(3-4-23(20)31(45)41-15-13-40(14-16-41)30(44)21-5-8-35-9-6-21)38-28-29-37-18-25(43(29)12-10-36-28)24-19-42(11-7-32)39-26(24)27(33)34/h3-4,10,12,17-19,21,27,30,35,44H,2,5-9,11,13-16H2,1H3,(H,36,38). The van der Waals surface area contributed by atoms with Crippen LogP contribution in [0.3, 0.4) is 0 Å². The predicted octanol–water partition coefficient (Wildman–Crippen LogP) is 3.88. The van der Waals surface area contributed by atoms with Crippen LogP contribution in [0.25, 0.3) is 16.9 Å². The molecule has 1 aromatic carbocycles. The maximum atomic E-state index is 13.8. The van der Waals surface area contributed by atoms with E-state index in [1.165, 1.54) is 23.3 Å². The van der Waals surface area contributed by atoms with Crippen molar-refractivity contribution < 1.29 is 23.1 Å². The molecular weight excluding hydrogens is 587 g/mol. The summed E-state index contributed by atoms with van der Waals surface area (Å²) in [7, 11) is 0. The van der Waals surface area contributed by atoms with E-state index >= 15 is 0 Å². The molecule has 1 amide bonds. The van der Waals surface area contributed by atoms with Crippen LogP contribution >= 0.6 is 0 Å². The second-order valence-corrected chi connectivity index (χ2v) is 11.5. The van der Waals surface area contributed by atoms with E-state index in [1.54, 1.807) is 10.6 Å². The molecule has 14 heteroatoms. The molecule has 45 heavy (non-hydrogen) atoms. The van der Waals surface area contributed by atoms with Gasteiger partial charge in [0.1, 0.15) is 18.6 Å². The Morgan fingerprint density at radius 2 is 1.93 bits per heavy atom. The summed E-state index contributed by atoms with van der Waals surface area (Å²) in [6.07, 6.45) is 5.26. The minimum absolute atomic E-state index is 0.0318. The Morgan fingerprint density at radius 1 is 1.16 bits per heavy atom. The molecule has 240 valence electrons. The minimum atomic E-state index is -2.84. The lowest BCUT2D eigenvalue weighted by atomic mass is 9.95. The van der Waals surface area contributed by atoms with Gasteiger partial charge in [-0.2, -0.15) is 5.10 Å². The van der Waals surface area contributed by atoms with Crippen LogP contribution in [0.2, 0.25) is 0 Å². The number of alkyl halides is 3. The summed E-state index contributed by atoms with van der Waals surface area (Å²) >= 11 is 0. The van der Waals surface area contributed by atoms with E-state index in [4.69, 9.17) is 0 Å². The van der Waals surface area contributed by atoms with Gasteiger partial charge in [0.25, 0.3) is 12.3 Å². The average molecular weight is 626 g/mol. The van der Waals surface area contributed by atoms with E-state index in [0.29, 0.717) is 61.0 Å². The smallest absolute Gasteiger partial charge is 0.282 e. The van der Waals surface area contributed by atoms with Crippen molar-refractivity contribution in [2.45, 2.75) is 45.4 Å². The first-order valence-corrected chi connectivity index (χ1v) is 15.4. The molecule has 2 aliphatic rings. The lowest BCUT2D eigenvalue weighted by Gasteiger charge is -2.41. The van der Waals surface area contributed by atoms with Gasteiger partial charge in [0.15, 0.2) is 11.5 Å². The molecule has 2 fully saturated rings. The number of rotatable bonds is 10. The number of carbonyl (C=O) groups excluding carboxylic acids is 1. The molecule has 3 N–H and O–H groups in total. The van der Waals surface area contributed by atoms with Crippen molar-refractivity contribution in [1.82, 2.24) is 39.3 Å². The number of carbonyl (C=O) groups is 1. The molecular formula is C31H38F3N9O2. The zero-order valence-electron chi connectivity index (χ0n) is 25.2. The van der Waals surface area contributed by atoms with E-state index < -0.39 is 25.0 Å². The number of amides is 1. The molecule has 5 heterocycles. The van der Waals surface area contributed by atoms with E-state index in [2.05, 4.69) is 30.6 Å². The second-order valence-electron chi connectivity index (χ2n) is 11.5. The Labute approximate surface area is 259 Å². The van der Waals surface area contributed by atoms with Crippen LogP contribution in [-0.2, 0) is 13.0 Å². The fourth-order valence-corrected chi connectivity index (χ4v) is 6.31. The molecule has 2 aliphatic heterocycles. The lowest BCUT2D eigenvalue weighted by molar-refractivity contribution is -0.0647. The zero-order valence-corrected chi connectivity index (χ0v) is 25.2. The van der Waals surface area contributed by atoms with Crippen molar-refractivity contribution in [3.63, 3.8) is 0 Å². The number of halogens is 3. The quantitative estimate of drug-likeness (QED) is 0.243. The molecule has 0 bridgehead atoms. The summed E-state index contributed by atoms with van der Waals surface area (Å²) in [5.74, 6) is 0.634. The molecule has 2 saturated heterocycles. The fraction of sp³-hybridized carbons (Fsp3) is 0.484. The largest absolute Gasteiger partial charge is 0.378 e. The number of hydrogen-bond donors (Lipinski definition) is 3. The van der Waals surface area contributed by atoms with Crippen LogP contribution in [0.15, 0.2) is 43.0 Å². The Kier molecular flexibility index (Phi) is 9.33. The number of piperazine rings is 1. The van der Waals surface area contributed by atoms with Crippen molar-refractivity contribution in [2.24, 2.45) is 5.92 Å². The highest BCUT2D eigenvalue weighted by Gasteiger charge is 2.31. The number of nitrogens with one attached hydrogen (secondary N) is 2. The summed E-state index contributed by atoms with van der Waals surface area (Å²) in [4.78, 5) is 26.4. The molecule has 4 aromatic rings. The van der Waals surface area contributed by atoms with E-state index in [-0.39, 0.29) is 23.9 Å². The van der Waals surface area contributed by atoms with Crippen molar-refractivity contribution in [3.05, 3.63) is 59.8 Å². The summed E-state index contributed by atoms with van der Waals surface area (Å²) in [6.45, 7) is 5.37. The molecule has 3 aromatic heterocycles. The Bertz CT molecular complexity index is 1630. The number of aromatic nitrogens is 5. The van der Waals surface area contributed by atoms with Crippen LogP contribution in [0.1, 0.15) is 47.8 Å². The summed E-state index contributed by atoms with van der Waals surface area (Å²) in [5, 5.41) is 21.4. The van der Waals surface area contributed by atoms with Crippen LogP contribution in [0.4, 0.5) is 24.7 Å². The van der Waals surface area contributed by atoms with Gasteiger partial charge in [0.2, 0.25) is 0 Å². The lowest BCUT2D eigenvalue weighted by Crippen LogP contribution is -2.54. The maximum Gasteiger partial charge on any atom is 0.282 e. The molecule has 0 radical (unpaired) electrons. The van der Waals surface area contributed by atoms with Gasteiger partial charge >= 0.3 is 0 Å². The van der Waals surface area contributed by atoms with Crippen molar-refractivity contribution >= 4 is 23.1 Å². The average Bonchev–Trinajstić information content (AvgIpc) is 3.70. The predicted molar refractivity (Wildman–Crippen MR) is 163 cm³/mol. The number of benzene rings is 1. The summed E-state index contributed by atoms with van der Waals surface area (Å²) in [5.41, 5.74) is 2.73. The normalized spacial score (nSPS) is 17.3. The SMILES string of the molecule is CCc1cc(Nc2nccn3c(-c4cn(CCF)nc4C(F)F)cnc23)ccc1C(=O)N1CCN(C(O)C2CCNCC2)CC1. The first-order valence-electron chi connectivity index (χ1n) is 15.4. The molecule has 6 rings (SSSR count). The van der Waals surface area contributed by atoms with Crippen LogP contribution in [-0.4, -0.2) is 97.1 Å². The monoisotopic (exact) mass is 625 g/mol. The third-order valence-corrected chi connectivity index (χ3v) is 8.77. The van der Waals surface area contributed by atoms with Gasteiger partial charge in [-0.05, 0) is 56.1 Å². The highest BCUT2D eigenvalue weighted by atomic mass is 19.3. The minimum Gasteiger partial charge on any atom is -0.378 e. The summed E-state index contributed by atoms with van der Waals surface area (Å²) < 4.78 is 43.2. The number of hydrogen-bond acceptors (Lipinski definition) is 8. The number of piperidine rings is 1. The van der Waals surface area contributed by atoms with Gasteiger partial charge in [-0.1, -0.05) is 6.92 Å². The Morgan fingerprint density at radius 3 is 2.64 bits per heavy atom.